The van der Waals surface area contributed by atoms with Crippen LogP contribution in [-0.2, 0) is 12.1 Å². The Morgan fingerprint density at radius 2 is 1.48 bits per heavy atom. The summed E-state index contributed by atoms with van der Waals surface area (Å²) in [6.07, 6.45) is -8.04. The molecule has 7 heteroatoms. The summed E-state index contributed by atoms with van der Waals surface area (Å²) in [5, 5.41) is 0. The molecule has 0 aliphatic heterocycles. The van der Waals surface area contributed by atoms with E-state index in [9.17, 15) is 30.7 Å². The summed E-state index contributed by atoms with van der Waals surface area (Å²) in [6, 6.07) is 2.68. The number of halogens is 7. The van der Waals surface area contributed by atoms with E-state index in [-0.39, 0.29) is 5.92 Å². The van der Waals surface area contributed by atoms with Crippen LogP contribution in [0.25, 0.3) is 0 Å². The van der Waals surface area contributed by atoms with Gasteiger partial charge in [-0.2, -0.15) is 26.3 Å². The fraction of sp³-hybridized carbons (Fsp3) is 0.625. The second-order valence-electron chi connectivity index (χ2n) is 6.40. The molecule has 0 spiro atoms. The Kier molecular flexibility index (Phi) is 3.69. The van der Waals surface area contributed by atoms with E-state index in [1.165, 1.54) is 6.07 Å². The molecule has 128 valence electrons. The van der Waals surface area contributed by atoms with Gasteiger partial charge in [-0.15, -0.1) is 0 Å². The molecule has 0 amide bonds. The standard InChI is InChI=1S/C16H15F7/c17-14(15(18,19)20,16(21,22)23)11-6-7-13-10(8-11)5-4-9-2-1-3-12(9)13/h6-9,12H,1-5H2/t9-,12?/m1/s1. The lowest BCUT2D eigenvalue weighted by Crippen LogP contribution is -2.50. The molecule has 0 nitrogen and oxygen atoms in total. The monoisotopic (exact) mass is 340 g/mol. The van der Waals surface area contributed by atoms with E-state index in [0.29, 0.717) is 24.0 Å². The molecule has 23 heavy (non-hydrogen) atoms. The zero-order valence-electron chi connectivity index (χ0n) is 12.1. The maximum Gasteiger partial charge on any atom is 0.435 e. The molecule has 1 fully saturated rings. The summed E-state index contributed by atoms with van der Waals surface area (Å²) in [5.74, 6) is 0.618. The number of fused-ring (bicyclic) bond motifs is 3. The number of benzene rings is 1. The largest absolute Gasteiger partial charge is 0.435 e. The summed E-state index contributed by atoms with van der Waals surface area (Å²) in [5.41, 5.74) is -5.50. The van der Waals surface area contributed by atoms with Crippen molar-refractivity contribution in [2.75, 3.05) is 0 Å². The van der Waals surface area contributed by atoms with Gasteiger partial charge in [-0.3, -0.25) is 0 Å². The summed E-state index contributed by atoms with van der Waals surface area (Å²) in [7, 11) is 0. The zero-order chi connectivity index (χ0) is 17.0. The first kappa shape index (κ1) is 16.6. The van der Waals surface area contributed by atoms with Crippen molar-refractivity contribution in [3.8, 4) is 0 Å². The van der Waals surface area contributed by atoms with Gasteiger partial charge in [-0.1, -0.05) is 24.6 Å². The van der Waals surface area contributed by atoms with Gasteiger partial charge >= 0.3 is 18.0 Å². The molecule has 2 aliphatic carbocycles. The van der Waals surface area contributed by atoms with Gasteiger partial charge in [-0.25, -0.2) is 4.39 Å². The Morgan fingerprint density at radius 1 is 0.826 bits per heavy atom. The van der Waals surface area contributed by atoms with Gasteiger partial charge in [0, 0.05) is 5.56 Å². The van der Waals surface area contributed by atoms with Gasteiger partial charge in [-0.05, 0) is 48.6 Å². The van der Waals surface area contributed by atoms with Crippen LogP contribution in [-0.4, -0.2) is 12.4 Å². The number of aryl methyl sites for hydroxylation is 1. The van der Waals surface area contributed by atoms with Crippen molar-refractivity contribution in [3.05, 3.63) is 34.9 Å². The fourth-order valence-corrected chi connectivity index (χ4v) is 4.02. The normalized spacial score (nSPS) is 25.2. The van der Waals surface area contributed by atoms with Gasteiger partial charge < -0.3 is 0 Å². The molecule has 2 aliphatic rings. The van der Waals surface area contributed by atoms with Gasteiger partial charge in [0.05, 0.1) is 0 Å². The average Bonchev–Trinajstić information content (AvgIpc) is 2.92. The Bertz CT molecular complexity index is 585. The highest BCUT2D eigenvalue weighted by Gasteiger charge is 2.73. The van der Waals surface area contributed by atoms with E-state index in [4.69, 9.17) is 0 Å². The van der Waals surface area contributed by atoms with Crippen LogP contribution in [0.1, 0.15) is 48.3 Å². The Morgan fingerprint density at radius 3 is 2.09 bits per heavy atom. The molecule has 0 aromatic heterocycles. The molecular formula is C16H15F7. The van der Waals surface area contributed by atoms with Crippen LogP contribution < -0.4 is 0 Å². The van der Waals surface area contributed by atoms with Gasteiger partial charge in [0.25, 0.3) is 0 Å². The van der Waals surface area contributed by atoms with E-state index in [1.807, 2.05) is 0 Å². The van der Waals surface area contributed by atoms with Gasteiger partial charge in [0.15, 0.2) is 0 Å². The van der Waals surface area contributed by atoms with Crippen molar-refractivity contribution >= 4 is 0 Å². The Hall–Kier alpha value is -1.27. The number of alkyl halides is 7. The summed E-state index contributed by atoms with van der Waals surface area (Å²) < 4.78 is 91.2. The molecule has 0 bridgehead atoms. The quantitative estimate of drug-likeness (QED) is 0.566. The highest BCUT2D eigenvalue weighted by atomic mass is 19.4. The number of hydrogen-bond acceptors (Lipinski definition) is 0. The Balaban J connectivity index is 2.07. The van der Waals surface area contributed by atoms with Crippen LogP contribution in [0.3, 0.4) is 0 Å². The van der Waals surface area contributed by atoms with Crippen LogP contribution in [0.15, 0.2) is 18.2 Å². The van der Waals surface area contributed by atoms with Crippen LogP contribution in [0.5, 0.6) is 0 Å². The number of rotatable bonds is 1. The van der Waals surface area contributed by atoms with Crippen LogP contribution in [0.2, 0.25) is 0 Å². The molecule has 0 N–H and O–H groups in total. The van der Waals surface area contributed by atoms with Crippen molar-refractivity contribution in [2.45, 2.75) is 56.0 Å². The predicted octanol–water partition coefficient (Wildman–Crippen LogP) is 5.81. The molecule has 0 saturated heterocycles. The molecule has 1 saturated carbocycles. The first-order valence-electron chi connectivity index (χ1n) is 7.51. The highest BCUT2D eigenvalue weighted by molar-refractivity contribution is 5.41. The SMILES string of the molecule is FC(F)(F)C(F)(c1ccc2c(c1)CC[C@H]1CCCC21)C(F)(F)F. The number of hydrogen-bond donors (Lipinski definition) is 0. The fourth-order valence-electron chi connectivity index (χ4n) is 4.02. The lowest BCUT2D eigenvalue weighted by Gasteiger charge is -2.33. The zero-order valence-corrected chi connectivity index (χ0v) is 12.1. The minimum absolute atomic E-state index is 0.179. The molecule has 2 atom stereocenters. The second kappa shape index (κ2) is 5.11. The lowest BCUT2D eigenvalue weighted by atomic mass is 9.75. The minimum atomic E-state index is -6.05. The maximum atomic E-state index is 14.1. The molecule has 3 rings (SSSR count). The van der Waals surface area contributed by atoms with E-state index in [1.54, 1.807) is 0 Å². The van der Waals surface area contributed by atoms with E-state index < -0.39 is 23.6 Å². The summed E-state index contributed by atoms with van der Waals surface area (Å²) in [4.78, 5) is 0. The summed E-state index contributed by atoms with van der Waals surface area (Å²) >= 11 is 0. The minimum Gasteiger partial charge on any atom is -0.218 e. The maximum absolute atomic E-state index is 14.1. The molecule has 1 unspecified atom stereocenters. The van der Waals surface area contributed by atoms with Crippen molar-refractivity contribution in [3.63, 3.8) is 0 Å². The van der Waals surface area contributed by atoms with Crippen molar-refractivity contribution in [1.29, 1.82) is 0 Å². The first-order chi connectivity index (χ1) is 10.6. The van der Waals surface area contributed by atoms with E-state index in [2.05, 4.69) is 0 Å². The molecule has 0 heterocycles. The third kappa shape index (κ3) is 2.43. The molecule has 0 radical (unpaired) electrons. The van der Waals surface area contributed by atoms with Gasteiger partial charge in [0.2, 0.25) is 0 Å². The lowest BCUT2D eigenvalue weighted by molar-refractivity contribution is -0.348. The summed E-state index contributed by atoms with van der Waals surface area (Å²) in [6.45, 7) is 0. The average molecular weight is 340 g/mol. The topological polar surface area (TPSA) is 0 Å². The predicted molar refractivity (Wildman–Crippen MR) is 69.7 cm³/mol. The van der Waals surface area contributed by atoms with Crippen molar-refractivity contribution in [2.24, 2.45) is 5.92 Å². The smallest absolute Gasteiger partial charge is 0.218 e. The van der Waals surface area contributed by atoms with Crippen LogP contribution in [0.4, 0.5) is 30.7 Å². The second-order valence-corrected chi connectivity index (χ2v) is 6.40. The van der Waals surface area contributed by atoms with Crippen LogP contribution in [0, 0.1) is 5.92 Å². The van der Waals surface area contributed by atoms with Crippen molar-refractivity contribution in [1.82, 2.24) is 0 Å². The first-order valence-corrected chi connectivity index (χ1v) is 7.51. The van der Waals surface area contributed by atoms with E-state index in [0.717, 1.165) is 37.3 Å². The molecular weight excluding hydrogens is 325 g/mol. The highest BCUT2D eigenvalue weighted by Crippen LogP contribution is 2.54. The molecule has 1 aromatic rings. The third-order valence-corrected chi connectivity index (χ3v) is 5.17. The Labute approximate surface area is 128 Å². The van der Waals surface area contributed by atoms with Gasteiger partial charge in [0.1, 0.15) is 0 Å². The van der Waals surface area contributed by atoms with Crippen LogP contribution >= 0.6 is 0 Å². The van der Waals surface area contributed by atoms with E-state index >= 15 is 0 Å². The van der Waals surface area contributed by atoms with Crippen molar-refractivity contribution < 1.29 is 30.7 Å². The third-order valence-electron chi connectivity index (χ3n) is 5.17. The molecule has 1 aromatic carbocycles.